The molecule has 130 valence electrons. The van der Waals surface area contributed by atoms with Gasteiger partial charge in [0.15, 0.2) is 0 Å². The van der Waals surface area contributed by atoms with Crippen LogP contribution < -0.4 is 11.1 Å². The first-order valence-electron chi connectivity index (χ1n) is 7.34. The van der Waals surface area contributed by atoms with Gasteiger partial charge < -0.3 is 10.5 Å². The van der Waals surface area contributed by atoms with E-state index in [1.54, 1.807) is 20.8 Å². The van der Waals surface area contributed by atoms with Gasteiger partial charge in [-0.2, -0.15) is 13.2 Å². The molecule has 0 fully saturated rings. The molecule has 1 aromatic carbocycles. The van der Waals surface area contributed by atoms with Crippen LogP contribution in [-0.2, 0) is 17.3 Å². The minimum Gasteiger partial charge on any atom is -0.444 e. The van der Waals surface area contributed by atoms with Gasteiger partial charge in [-0.05, 0) is 58.2 Å². The number of carbonyl (C=O) groups excluding carboxylic acids is 1. The second kappa shape index (κ2) is 7.21. The summed E-state index contributed by atoms with van der Waals surface area (Å²) in [5.74, 6) is 0. The van der Waals surface area contributed by atoms with Gasteiger partial charge in [0.2, 0.25) is 0 Å². The number of anilines is 1. The van der Waals surface area contributed by atoms with Gasteiger partial charge in [-0.25, -0.2) is 4.79 Å². The van der Waals surface area contributed by atoms with Gasteiger partial charge in [0.05, 0.1) is 5.56 Å². The molecular weight excluding hydrogens is 309 g/mol. The number of nitrogens with one attached hydrogen (secondary N) is 1. The molecule has 4 nitrogen and oxygen atoms in total. The molecule has 0 aliphatic heterocycles. The standard InChI is InChI=1S/C16H23F3N2O2/c1-10(20)5-6-11-7-8-12(16(17,18)19)9-13(11)21-14(22)23-15(2,3)4/h7-10H,5-6,20H2,1-4H3,(H,21,22). The van der Waals surface area contributed by atoms with Crippen LogP contribution in [0, 0.1) is 0 Å². The number of carbonyl (C=O) groups is 1. The zero-order valence-electron chi connectivity index (χ0n) is 13.8. The minimum absolute atomic E-state index is 0.0910. The number of aryl methyl sites for hydroxylation is 1. The molecule has 1 atom stereocenters. The van der Waals surface area contributed by atoms with Crippen molar-refractivity contribution in [2.45, 2.75) is 58.4 Å². The lowest BCUT2D eigenvalue weighted by Crippen LogP contribution is -2.27. The van der Waals surface area contributed by atoms with Crippen LogP contribution in [0.15, 0.2) is 18.2 Å². The summed E-state index contributed by atoms with van der Waals surface area (Å²) in [6.07, 6.45) is -4.22. The van der Waals surface area contributed by atoms with Crippen LogP contribution in [0.25, 0.3) is 0 Å². The van der Waals surface area contributed by atoms with E-state index < -0.39 is 23.4 Å². The zero-order valence-corrected chi connectivity index (χ0v) is 13.8. The molecule has 7 heteroatoms. The fraction of sp³-hybridized carbons (Fsp3) is 0.562. The number of nitrogens with two attached hydrogens (primary N) is 1. The number of amides is 1. The maximum Gasteiger partial charge on any atom is 0.416 e. The van der Waals surface area contributed by atoms with Crippen molar-refractivity contribution >= 4 is 11.8 Å². The van der Waals surface area contributed by atoms with E-state index in [1.165, 1.54) is 6.07 Å². The summed E-state index contributed by atoms with van der Waals surface area (Å²) in [5, 5.41) is 2.40. The molecule has 0 bridgehead atoms. The normalized spacial score (nSPS) is 13.6. The first-order chi connectivity index (χ1) is 10.4. The van der Waals surface area contributed by atoms with E-state index >= 15 is 0 Å². The van der Waals surface area contributed by atoms with E-state index in [-0.39, 0.29) is 11.7 Å². The van der Waals surface area contributed by atoms with Crippen LogP contribution in [0.3, 0.4) is 0 Å². The Morgan fingerprint density at radius 3 is 2.39 bits per heavy atom. The summed E-state index contributed by atoms with van der Waals surface area (Å²) < 4.78 is 43.7. The molecule has 0 aromatic heterocycles. The third-order valence-corrected chi connectivity index (χ3v) is 2.94. The molecule has 0 saturated heterocycles. The van der Waals surface area contributed by atoms with E-state index in [1.807, 2.05) is 6.92 Å². The third kappa shape index (κ3) is 6.90. The summed E-state index contributed by atoms with van der Waals surface area (Å²) in [4.78, 5) is 11.8. The van der Waals surface area contributed by atoms with Crippen LogP contribution in [0.1, 0.15) is 45.2 Å². The van der Waals surface area contributed by atoms with Crippen LogP contribution in [-0.4, -0.2) is 17.7 Å². The van der Waals surface area contributed by atoms with E-state index in [4.69, 9.17) is 10.5 Å². The zero-order chi connectivity index (χ0) is 17.8. The lowest BCUT2D eigenvalue weighted by molar-refractivity contribution is -0.137. The molecule has 0 aliphatic rings. The monoisotopic (exact) mass is 332 g/mol. The molecule has 0 saturated carbocycles. The number of rotatable bonds is 4. The molecule has 1 amide bonds. The topological polar surface area (TPSA) is 64.3 Å². The highest BCUT2D eigenvalue weighted by molar-refractivity contribution is 5.86. The fourth-order valence-electron chi connectivity index (χ4n) is 1.88. The van der Waals surface area contributed by atoms with E-state index in [0.717, 1.165) is 12.1 Å². The number of halogens is 3. The number of hydrogen-bond acceptors (Lipinski definition) is 3. The first kappa shape index (κ1) is 19.3. The quantitative estimate of drug-likeness (QED) is 0.862. The summed E-state index contributed by atoms with van der Waals surface area (Å²) in [6, 6.07) is 3.18. The number of benzene rings is 1. The Kier molecular flexibility index (Phi) is 6.04. The van der Waals surface area contributed by atoms with Crippen molar-refractivity contribution in [1.82, 2.24) is 0 Å². The molecule has 0 radical (unpaired) electrons. The van der Waals surface area contributed by atoms with Crippen LogP contribution in [0.2, 0.25) is 0 Å². The van der Waals surface area contributed by atoms with Gasteiger partial charge in [-0.15, -0.1) is 0 Å². The molecule has 0 heterocycles. The Bertz CT molecular complexity index is 549. The summed E-state index contributed by atoms with van der Waals surface area (Å²) in [6.45, 7) is 6.84. The summed E-state index contributed by atoms with van der Waals surface area (Å²) >= 11 is 0. The average molecular weight is 332 g/mol. The summed E-state index contributed by atoms with van der Waals surface area (Å²) in [7, 11) is 0. The van der Waals surface area contributed by atoms with Crippen molar-refractivity contribution in [2.24, 2.45) is 5.73 Å². The van der Waals surface area contributed by atoms with Gasteiger partial charge in [0.25, 0.3) is 0 Å². The Balaban J connectivity index is 3.05. The highest BCUT2D eigenvalue weighted by Gasteiger charge is 2.31. The van der Waals surface area contributed by atoms with Crippen LogP contribution in [0.5, 0.6) is 0 Å². The predicted octanol–water partition coefficient (Wildman–Crippen LogP) is 4.33. The Hall–Kier alpha value is -1.76. The van der Waals surface area contributed by atoms with Gasteiger partial charge in [0.1, 0.15) is 5.60 Å². The van der Waals surface area contributed by atoms with Crippen molar-refractivity contribution in [1.29, 1.82) is 0 Å². The Morgan fingerprint density at radius 2 is 1.91 bits per heavy atom. The van der Waals surface area contributed by atoms with E-state index in [9.17, 15) is 18.0 Å². The van der Waals surface area contributed by atoms with E-state index in [0.29, 0.717) is 18.4 Å². The number of hydrogen-bond donors (Lipinski definition) is 2. The average Bonchev–Trinajstić information content (AvgIpc) is 2.33. The molecule has 1 aromatic rings. The second-order valence-corrected chi connectivity index (χ2v) is 6.51. The van der Waals surface area contributed by atoms with Gasteiger partial charge in [0, 0.05) is 11.7 Å². The highest BCUT2D eigenvalue weighted by Crippen LogP contribution is 2.32. The lowest BCUT2D eigenvalue weighted by Gasteiger charge is -2.21. The molecule has 0 aliphatic carbocycles. The summed E-state index contributed by atoms with van der Waals surface area (Å²) in [5.41, 5.74) is 4.79. The van der Waals surface area contributed by atoms with Crippen LogP contribution >= 0.6 is 0 Å². The van der Waals surface area contributed by atoms with Gasteiger partial charge in [-0.3, -0.25) is 5.32 Å². The molecule has 3 N–H and O–H groups in total. The van der Waals surface area contributed by atoms with Crippen molar-refractivity contribution in [3.63, 3.8) is 0 Å². The maximum absolute atomic E-state index is 12.9. The van der Waals surface area contributed by atoms with Crippen molar-refractivity contribution in [3.8, 4) is 0 Å². The van der Waals surface area contributed by atoms with E-state index in [2.05, 4.69) is 5.32 Å². The van der Waals surface area contributed by atoms with Gasteiger partial charge >= 0.3 is 12.3 Å². The smallest absolute Gasteiger partial charge is 0.416 e. The first-order valence-corrected chi connectivity index (χ1v) is 7.34. The van der Waals surface area contributed by atoms with Crippen molar-refractivity contribution in [2.75, 3.05) is 5.32 Å². The second-order valence-electron chi connectivity index (χ2n) is 6.51. The SMILES string of the molecule is CC(N)CCc1ccc(C(F)(F)F)cc1NC(=O)OC(C)(C)C. The molecule has 23 heavy (non-hydrogen) atoms. The fourth-order valence-corrected chi connectivity index (χ4v) is 1.88. The Labute approximate surface area is 134 Å². The third-order valence-electron chi connectivity index (χ3n) is 2.94. The number of ether oxygens (including phenoxy) is 1. The largest absolute Gasteiger partial charge is 0.444 e. The highest BCUT2D eigenvalue weighted by atomic mass is 19.4. The molecule has 1 unspecified atom stereocenters. The maximum atomic E-state index is 12.9. The molecule has 1 rings (SSSR count). The van der Waals surface area contributed by atoms with Crippen LogP contribution in [0.4, 0.5) is 23.7 Å². The lowest BCUT2D eigenvalue weighted by atomic mass is 10.0. The molecule has 0 spiro atoms. The number of alkyl halides is 3. The van der Waals surface area contributed by atoms with Gasteiger partial charge in [-0.1, -0.05) is 6.07 Å². The molecular formula is C16H23F3N2O2. The predicted molar refractivity (Wildman–Crippen MR) is 83.3 cm³/mol. The van der Waals surface area contributed by atoms with Crippen molar-refractivity contribution < 1.29 is 22.7 Å². The minimum atomic E-state index is -4.48. The van der Waals surface area contributed by atoms with Crippen molar-refractivity contribution in [3.05, 3.63) is 29.3 Å². The Morgan fingerprint density at radius 1 is 1.30 bits per heavy atom.